The Kier molecular flexibility index (Phi) is 6.32. The first-order valence-electron chi connectivity index (χ1n) is 6.68. The number of hydrogen-bond acceptors (Lipinski definition) is 4. The summed E-state index contributed by atoms with van der Waals surface area (Å²) in [5.41, 5.74) is 1.80. The Bertz CT molecular complexity index is 612. The number of unbranched alkanes of at least 4 members (excludes halogenated alkanes) is 1. The van der Waals surface area contributed by atoms with E-state index in [1.165, 1.54) is 12.1 Å². The van der Waals surface area contributed by atoms with Crippen molar-refractivity contribution in [2.75, 3.05) is 20.3 Å². The van der Waals surface area contributed by atoms with Gasteiger partial charge in [0.1, 0.15) is 0 Å². The fraction of sp³-hybridized carbons (Fsp3) is 0.500. The molecule has 7 heteroatoms. The molecule has 1 aromatic carbocycles. The van der Waals surface area contributed by atoms with Crippen molar-refractivity contribution < 1.29 is 17.9 Å². The number of hydrogen-bond donors (Lipinski definition) is 2. The van der Waals surface area contributed by atoms with Gasteiger partial charge in [0.15, 0.2) is 0 Å². The van der Waals surface area contributed by atoms with Gasteiger partial charge in [-0.2, -0.15) is 0 Å². The molecule has 1 amide bonds. The van der Waals surface area contributed by atoms with E-state index in [0.717, 1.165) is 18.4 Å². The van der Waals surface area contributed by atoms with Crippen LogP contribution in [0.15, 0.2) is 17.0 Å². The number of methoxy groups -OCH3 is 1. The summed E-state index contributed by atoms with van der Waals surface area (Å²) in [6.07, 6.45) is 1.65. The highest BCUT2D eigenvalue weighted by Gasteiger charge is 2.16. The number of benzene rings is 1. The maximum atomic E-state index is 12.2. The van der Waals surface area contributed by atoms with E-state index >= 15 is 0 Å². The van der Waals surface area contributed by atoms with Gasteiger partial charge in [-0.15, -0.1) is 0 Å². The first-order valence-corrected chi connectivity index (χ1v) is 8.23. The Morgan fingerprint density at radius 1 is 1.29 bits per heavy atom. The van der Waals surface area contributed by atoms with Gasteiger partial charge in [0.2, 0.25) is 10.0 Å². The molecular formula is C14H22N2O4S. The summed E-state index contributed by atoms with van der Waals surface area (Å²) in [7, 11) is -2.20. The highest BCUT2D eigenvalue weighted by atomic mass is 32.2. The zero-order valence-electron chi connectivity index (χ0n) is 12.6. The van der Waals surface area contributed by atoms with Crippen molar-refractivity contribution in [1.82, 2.24) is 5.32 Å². The number of ether oxygens (including phenoxy) is 1. The van der Waals surface area contributed by atoms with Gasteiger partial charge in [0.05, 0.1) is 4.90 Å². The van der Waals surface area contributed by atoms with Gasteiger partial charge in [0, 0.05) is 25.8 Å². The molecule has 21 heavy (non-hydrogen) atoms. The van der Waals surface area contributed by atoms with E-state index in [0.29, 0.717) is 24.3 Å². The Hall–Kier alpha value is -1.44. The zero-order chi connectivity index (χ0) is 16.0. The predicted molar refractivity (Wildman–Crippen MR) is 80.7 cm³/mol. The van der Waals surface area contributed by atoms with Crippen molar-refractivity contribution in [2.24, 2.45) is 5.14 Å². The van der Waals surface area contributed by atoms with Crippen LogP contribution in [0.2, 0.25) is 0 Å². The summed E-state index contributed by atoms with van der Waals surface area (Å²) in [5, 5.41) is 7.90. The van der Waals surface area contributed by atoms with Gasteiger partial charge in [0.25, 0.3) is 5.91 Å². The minimum atomic E-state index is -3.83. The second kappa shape index (κ2) is 7.53. The average molecular weight is 314 g/mol. The van der Waals surface area contributed by atoms with Crippen LogP contribution in [0.1, 0.15) is 34.3 Å². The molecule has 0 aliphatic rings. The lowest BCUT2D eigenvalue weighted by molar-refractivity contribution is 0.0950. The summed E-state index contributed by atoms with van der Waals surface area (Å²) in [5.74, 6) is -0.293. The molecule has 0 saturated heterocycles. The molecule has 0 spiro atoms. The molecule has 0 heterocycles. The smallest absolute Gasteiger partial charge is 0.251 e. The number of nitrogens with one attached hydrogen (secondary N) is 1. The van der Waals surface area contributed by atoms with Crippen molar-refractivity contribution in [2.45, 2.75) is 31.6 Å². The summed E-state index contributed by atoms with van der Waals surface area (Å²) in [4.78, 5) is 12.1. The topological polar surface area (TPSA) is 98.5 Å². The molecule has 0 radical (unpaired) electrons. The quantitative estimate of drug-likeness (QED) is 0.736. The summed E-state index contributed by atoms with van der Waals surface area (Å²) < 4.78 is 27.8. The minimum Gasteiger partial charge on any atom is -0.385 e. The van der Waals surface area contributed by atoms with Crippen molar-refractivity contribution in [3.63, 3.8) is 0 Å². The van der Waals surface area contributed by atoms with E-state index in [9.17, 15) is 13.2 Å². The van der Waals surface area contributed by atoms with Crippen LogP contribution in [0.4, 0.5) is 0 Å². The molecule has 0 aliphatic carbocycles. The molecule has 0 saturated carbocycles. The number of carbonyl (C=O) groups is 1. The molecule has 3 N–H and O–H groups in total. The van der Waals surface area contributed by atoms with Gasteiger partial charge in [-0.25, -0.2) is 13.6 Å². The molecule has 0 unspecified atom stereocenters. The van der Waals surface area contributed by atoms with E-state index in [2.05, 4.69) is 5.32 Å². The van der Waals surface area contributed by atoms with Crippen LogP contribution in [0.5, 0.6) is 0 Å². The van der Waals surface area contributed by atoms with Crippen LogP contribution in [0.25, 0.3) is 0 Å². The van der Waals surface area contributed by atoms with Crippen molar-refractivity contribution in [3.05, 3.63) is 28.8 Å². The molecular weight excluding hydrogens is 292 g/mol. The Balaban J connectivity index is 2.86. The zero-order valence-corrected chi connectivity index (χ0v) is 13.4. The molecule has 0 bridgehead atoms. The first kappa shape index (κ1) is 17.6. The van der Waals surface area contributed by atoms with Crippen LogP contribution in [0, 0.1) is 13.8 Å². The van der Waals surface area contributed by atoms with Crippen molar-refractivity contribution in [1.29, 1.82) is 0 Å². The molecule has 1 rings (SSSR count). The highest BCUT2D eigenvalue weighted by Crippen LogP contribution is 2.19. The van der Waals surface area contributed by atoms with Crippen LogP contribution in [-0.4, -0.2) is 34.6 Å². The fourth-order valence-corrected chi connectivity index (χ4v) is 2.52. The van der Waals surface area contributed by atoms with E-state index in [1.807, 2.05) is 0 Å². The third kappa shape index (κ3) is 5.11. The van der Waals surface area contributed by atoms with E-state index < -0.39 is 10.0 Å². The van der Waals surface area contributed by atoms with Gasteiger partial charge in [-0.1, -0.05) is 0 Å². The number of aryl methyl sites for hydroxylation is 1. The van der Waals surface area contributed by atoms with Crippen LogP contribution >= 0.6 is 0 Å². The Morgan fingerprint density at radius 3 is 2.52 bits per heavy atom. The number of sulfonamides is 1. The maximum Gasteiger partial charge on any atom is 0.251 e. The molecule has 6 nitrogen and oxygen atoms in total. The number of amides is 1. The lowest BCUT2D eigenvalue weighted by Gasteiger charge is -2.11. The number of carbonyl (C=O) groups excluding carboxylic acids is 1. The standard InChI is InChI=1S/C14H22N2O4S/c1-10-8-12(21(15,18)19)9-13(11(10)2)14(17)16-6-4-5-7-20-3/h8-9H,4-7H2,1-3H3,(H,16,17)(H2,15,18,19). The predicted octanol–water partition coefficient (Wildman–Crippen LogP) is 1.11. The average Bonchev–Trinajstić information content (AvgIpc) is 2.40. The van der Waals surface area contributed by atoms with E-state index in [1.54, 1.807) is 21.0 Å². The van der Waals surface area contributed by atoms with Crippen molar-refractivity contribution >= 4 is 15.9 Å². The molecule has 0 aromatic heterocycles. The minimum absolute atomic E-state index is 0.0462. The van der Waals surface area contributed by atoms with Gasteiger partial charge in [-0.05, 0) is 49.9 Å². The van der Waals surface area contributed by atoms with Gasteiger partial charge >= 0.3 is 0 Å². The Labute approximate surface area is 125 Å². The first-order chi connectivity index (χ1) is 9.77. The fourth-order valence-electron chi connectivity index (χ4n) is 1.89. The largest absolute Gasteiger partial charge is 0.385 e. The van der Waals surface area contributed by atoms with E-state index in [-0.39, 0.29) is 10.8 Å². The molecule has 0 aliphatic heterocycles. The SMILES string of the molecule is COCCCCNC(=O)c1cc(S(N)(=O)=O)cc(C)c1C. The molecule has 0 atom stereocenters. The third-order valence-corrected chi connectivity index (χ3v) is 4.17. The highest BCUT2D eigenvalue weighted by molar-refractivity contribution is 7.89. The van der Waals surface area contributed by atoms with Gasteiger partial charge in [-0.3, -0.25) is 4.79 Å². The molecule has 118 valence electrons. The maximum absolute atomic E-state index is 12.2. The second-order valence-electron chi connectivity index (χ2n) is 4.91. The van der Waals surface area contributed by atoms with Crippen LogP contribution < -0.4 is 10.5 Å². The third-order valence-electron chi connectivity index (χ3n) is 3.27. The van der Waals surface area contributed by atoms with Crippen molar-refractivity contribution in [3.8, 4) is 0 Å². The monoisotopic (exact) mass is 314 g/mol. The van der Waals surface area contributed by atoms with Gasteiger partial charge < -0.3 is 10.1 Å². The lowest BCUT2D eigenvalue weighted by Crippen LogP contribution is -2.26. The van der Waals surface area contributed by atoms with E-state index in [4.69, 9.17) is 9.88 Å². The Morgan fingerprint density at radius 2 is 1.95 bits per heavy atom. The second-order valence-corrected chi connectivity index (χ2v) is 6.47. The van der Waals surface area contributed by atoms with Crippen LogP contribution in [0.3, 0.4) is 0 Å². The summed E-state index contributed by atoms with van der Waals surface area (Å²) in [6.45, 7) is 4.69. The summed E-state index contributed by atoms with van der Waals surface area (Å²) in [6, 6.07) is 2.79. The molecule has 1 aromatic rings. The molecule has 0 fully saturated rings. The lowest BCUT2D eigenvalue weighted by atomic mass is 10.0. The summed E-state index contributed by atoms with van der Waals surface area (Å²) >= 11 is 0. The normalized spacial score (nSPS) is 11.4. The van der Waals surface area contributed by atoms with Crippen LogP contribution in [-0.2, 0) is 14.8 Å². The number of rotatable bonds is 7. The number of nitrogens with two attached hydrogens (primary N) is 1. The number of primary sulfonamides is 1.